The van der Waals surface area contributed by atoms with Crippen LogP contribution in [-0.4, -0.2) is 39.7 Å². The molecule has 0 spiro atoms. The van der Waals surface area contributed by atoms with E-state index in [2.05, 4.69) is 23.8 Å². The van der Waals surface area contributed by atoms with Gasteiger partial charge in [-0.3, -0.25) is 0 Å². The van der Waals surface area contributed by atoms with Gasteiger partial charge in [-0.15, -0.1) is 0 Å². The maximum Gasteiger partial charge on any atom is 0.410 e. The van der Waals surface area contributed by atoms with Crippen LogP contribution in [0.25, 0.3) is 0 Å². The summed E-state index contributed by atoms with van der Waals surface area (Å²) in [5.41, 5.74) is 0.735. The highest BCUT2D eigenvalue weighted by molar-refractivity contribution is 5.68. The van der Waals surface area contributed by atoms with E-state index in [0.717, 1.165) is 31.6 Å². The Bertz CT molecular complexity index is 502. The number of nitrogens with zero attached hydrogens (tertiary/aromatic N) is 2. The Balaban J connectivity index is 1.98. The number of hydrogen-bond donors (Lipinski definition) is 1. The van der Waals surface area contributed by atoms with E-state index in [0.29, 0.717) is 12.5 Å². The van der Waals surface area contributed by atoms with Gasteiger partial charge in [0.1, 0.15) is 11.4 Å². The van der Waals surface area contributed by atoms with Gasteiger partial charge >= 0.3 is 6.09 Å². The fourth-order valence-electron chi connectivity index (χ4n) is 2.82. The van der Waals surface area contributed by atoms with Crippen LogP contribution in [0.2, 0.25) is 0 Å². The highest BCUT2D eigenvalue weighted by atomic mass is 16.6. The van der Waals surface area contributed by atoms with Gasteiger partial charge in [0.15, 0.2) is 0 Å². The van der Waals surface area contributed by atoms with Gasteiger partial charge in [0.05, 0.1) is 0 Å². The van der Waals surface area contributed by atoms with Crippen molar-refractivity contribution in [3.05, 3.63) is 17.7 Å². The van der Waals surface area contributed by atoms with Crippen molar-refractivity contribution in [2.45, 2.75) is 65.4 Å². The molecular weight excluding hydrogens is 278 g/mol. The predicted molar refractivity (Wildman–Crippen MR) is 86.9 cm³/mol. The lowest BCUT2D eigenvalue weighted by atomic mass is 9.98. The number of H-pyrrole nitrogens is 1. The van der Waals surface area contributed by atoms with E-state index in [-0.39, 0.29) is 12.0 Å². The molecule has 0 aromatic carbocycles. The summed E-state index contributed by atoms with van der Waals surface area (Å²) in [6.45, 7) is 11.6. The Labute approximate surface area is 133 Å². The first-order valence-electron chi connectivity index (χ1n) is 8.26. The maximum absolute atomic E-state index is 12.2. The summed E-state index contributed by atoms with van der Waals surface area (Å²) < 4.78 is 5.48. The smallest absolute Gasteiger partial charge is 0.410 e. The van der Waals surface area contributed by atoms with E-state index in [1.807, 2.05) is 31.9 Å². The van der Waals surface area contributed by atoms with E-state index in [9.17, 15) is 4.79 Å². The Hall–Kier alpha value is -1.52. The first kappa shape index (κ1) is 16.8. The van der Waals surface area contributed by atoms with Crippen molar-refractivity contribution in [3.63, 3.8) is 0 Å². The van der Waals surface area contributed by atoms with Crippen LogP contribution in [-0.2, 0) is 11.2 Å². The molecule has 0 radical (unpaired) electrons. The van der Waals surface area contributed by atoms with Crippen LogP contribution in [0.3, 0.4) is 0 Å². The van der Waals surface area contributed by atoms with Crippen LogP contribution < -0.4 is 0 Å². The number of carbonyl (C=O) groups excluding carboxylic acids is 1. The van der Waals surface area contributed by atoms with Crippen molar-refractivity contribution in [3.8, 4) is 0 Å². The van der Waals surface area contributed by atoms with E-state index in [4.69, 9.17) is 4.74 Å². The lowest BCUT2D eigenvalue weighted by Gasteiger charge is -2.33. The molecule has 1 fully saturated rings. The third kappa shape index (κ3) is 4.75. The summed E-state index contributed by atoms with van der Waals surface area (Å²) in [5.74, 6) is 1.89. The summed E-state index contributed by atoms with van der Waals surface area (Å²) in [4.78, 5) is 22.0. The molecule has 1 atom stereocenters. The topological polar surface area (TPSA) is 58.2 Å². The third-order valence-electron chi connectivity index (χ3n) is 3.74. The molecule has 1 aromatic heterocycles. The van der Waals surface area contributed by atoms with Crippen LogP contribution in [0.15, 0.2) is 6.20 Å². The monoisotopic (exact) mass is 307 g/mol. The molecule has 0 aliphatic carbocycles. The highest BCUT2D eigenvalue weighted by Gasteiger charge is 2.29. The summed E-state index contributed by atoms with van der Waals surface area (Å²) >= 11 is 0. The fourth-order valence-corrected chi connectivity index (χ4v) is 2.82. The van der Waals surface area contributed by atoms with E-state index >= 15 is 0 Å². The summed E-state index contributed by atoms with van der Waals surface area (Å²) in [7, 11) is 0. The Morgan fingerprint density at radius 3 is 2.86 bits per heavy atom. The van der Waals surface area contributed by atoms with Gasteiger partial charge < -0.3 is 14.6 Å². The molecule has 1 aliphatic rings. The first-order chi connectivity index (χ1) is 10.2. The number of hydrogen-bond acceptors (Lipinski definition) is 3. The number of rotatable bonds is 3. The zero-order valence-corrected chi connectivity index (χ0v) is 14.5. The van der Waals surface area contributed by atoms with Crippen molar-refractivity contribution in [2.24, 2.45) is 5.92 Å². The fraction of sp³-hybridized carbons (Fsp3) is 0.765. The van der Waals surface area contributed by atoms with Gasteiger partial charge in [0, 0.05) is 30.9 Å². The molecule has 1 amide bonds. The van der Waals surface area contributed by atoms with Crippen molar-refractivity contribution in [1.29, 1.82) is 0 Å². The molecule has 124 valence electrons. The molecule has 5 nitrogen and oxygen atoms in total. The molecule has 5 heteroatoms. The maximum atomic E-state index is 12.2. The van der Waals surface area contributed by atoms with Crippen LogP contribution in [0.4, 0.5) is 4.79 Å². The molecule has 2 heterocycles. The molecule has 1 aromatic rings. The Morgan fingerprint density at radius 1 is 1.50 bits per heavy atom. The van der Waals surface area contributed by atoms with Crippen molar-refractivity contribution >= 4 is 6.09 Å². The molecule has 2 rings (SSSR count). The number of aromatic nitrogens is 2. The van der Waals surface area contributed by atoms with Crippen molar-refractivity contribution < 1.29 is 9.53 Å². The molecule has 0 saturated carbocycles. The number of nitrogens with one attached hydrogen (secondary N) is 1. The molecular formula is C17H29N3O2. The quantitative estimate of drug-likeness (QED) is 0.926. The molecule has 1 aliphatic heterocycles. The molecule has 1 N–H and O–H groups in total. The van der Waals surface area contributed by atoms with E-state index in [1.54, 1.807) is 0 Å². The Morgan fingerprint density at radius 2 is 2.23 bits per heavy atom. The normalized spacial score (nSPS) is 19.5. The van der Waals surface area contributed by atoms with Crippen LogP contribution >= 0.6 is 0 Å². The van der Waals surface area contributed by atoms with Gasteiger partial charge in [0.2, 0.25) is 0 Å². The van der Waals surface area contributed by atoms with E-state index < -0.39 is 5.60 Å². The third-order valence-corrected chi connectivity index (χ3v) is 3.74. The average Bonchev–Trinajstić information content (AvgIpc) is 2.84. The van der Waals surface area contributed by atoms with E-state index in [1.165, 1.54) is 5.69 Å². The SMILES string of the molecule is CC(C)Cc1cnc(C2CCCN(C(=O)OC(C)(C)C)C2)[nH]1. The standard InChI is InChI=1S/C17H29N3O2/c1-12(2)9-14-10-18-15(19-14)13-7-6-8-20(11-13)16(21)22-17(3,4)5/h10,12-13H,6-9,11H2,1-5H3,(H,18,19). The number of likely N-dealkylation sites (tertiary alicyclic amines) is 1. The minimum absolute atomic E-state index is 0.217. The highest BCUT2D eigenvalue weighted by Crippen LogP contribution is 2.26. The van der Waals surface area contributed by atoms with Crippen LogP contribution in [0.1, 0.15) is 64.9 Å². The van der Waals surface area contributed by atoms with Gasteiger partial charge in [-0.25, -0.2) is 9.78 Å². The summed E-state index contributed by atoms with van der Waals surface area (Å²) in [5, 5.41) is 0. The number of ether oxygens (including phenoxy) is 1. The molecule has 22 heavy (non-hydrogen) atoms. The predicted octanol–water partition coefficient (Wildman–Crippen LogP) is 3.72. The number of amides is 1. The lowest BCUT2D eigenvalue weighted by molar-refractivity contribution is 0.0196. The van der Waals surface area contributed by atoms with Gasteiger partial charge in [-0.1, -0.05) is 13.8 Å². The summed E-state index contributed by atoms with van der Waals surface area (Å²) in [6, 6.07) is 0. The lowest BCUT2D eigenvalue weighted by Crippen LogP contribution is -2.42. The van der Waals surface area contributed by atoms with Gasteiger partial charge in [-0.05, 0) is 46.0 Å². The van der Waals surface area contributed by atoms with Crippen molar-refractivity contribution in [2.75, 3.05) is 13.1 Å². The zero-order chi connectivity index (χ0) is 16.3. The number of piperidine rings is 1. The second-order valence-electron chi connectivity index (χ2n) is 7.66. The second kappa shape index (κ2) is 6.71. The van der Waals surface area contributed by atoms with Crippen LogP contribution in [0.5, 0.6) is 0 Å². The first-order valence-corrected chi connectivity index (χ1v) is 8.26. The van der Waals surface area contributed by atoms with Gasteiger partial charge in [0.25, 0.3) is 0 Å². The molecule has 1 saturated heterocycles. The number of imidazole rings is 1. The molecule has 0 bridgehead atoms. The number of aromatic amines is 1. The second-order valence-corrected chi connectivity index (χ2v) is 7.66. The largest absolute Gasteiger partial charge is 0.444 e. The zero-order valence-electron chi connectivity index (χ0n) is 14.5. The summed E-state index contributed by atoms with van der Waals surface area (Å²) in [6.07, 6.45) is 4.78. The van der Waals surface area contributed by atoms with Gasteiger partial charge in [-0.2, -0.15) is 0 Å². The number of carbonyl (C=O) groups is 1. The minimum Gasteiger partial charge on any atom is -0.444 e. The van der Waals surface area contributed by atoms with Crippen LogP contribution in [0, 0.1) is 5.92 Å². The minimum atomic E-state index is -0.445. The average molecular weight is 307 g/mol. The molecule has 1 unspecified atom stereocenters. The Kier molecular flexibility index (Phi) is 5.14. The van der Waals surface area contributed by atoms with Crippen molar-refractivity contribution in [1.82, 2.24) is 14.9 Å².